The van der Waals surface area contributed by atoms with Gasteiger partial charge in [-0.25, -0.2) is 0 Å². The summed E-state index contributed by atoms with van der Waals surface area (Å²) in [6.45, 7) is 3.72. The lowest BCUT2D eigenvalue weighted by Crippen LogP contribution is -2.65. The number of nitrogens with one attached hydrogen (secondary N) is 2. The molecule has 1 spiro atoms. The summed E-state index contributed by atoms with van der Waals surface area (Å²) >= 11 is 6.73. The monoisotopic (exact) mass is 442 g/mol. The van der Waals surface area contributed by atoms with E-state index in [4.69, 9.17) is 16.7 Å². The van der Waals surface area contributed by atoms with Crippen molar-refractivity contribution in [1.82, 2.24) is 10.6 Å². The third-order valence-electron chi connectivity index (χ3n) is 7.06. The fraction of sp³-hybridized carbons (Fsp3) is 0.480. The summed E-state index contributed by atoms with van der Waals surface area (Å²) in [6, 6.07) is 12.4. The molecular formula is C25H31ClN2O3. The van der Waals surface area contributed by atoms with Gasteiger partial charge in [-0.05, 0) is 67.0 Å². The quantitative estimate of drug-likeness (QED) is 0.496. The van der Waals surface area contributed by atoms with E-state index in [2.05, 4.69) is 41.8 Å². The Hall–Kier alpha value is -1.92. The molecule has 1 fully saturated rings. The lowest BCUT2D eigenvalue weighted by atomic mass is 9.48. The molecule has 4 N–H and O–H groups in total. The molecule has 166 valence electrons. The zero-order valence-electron chi connectivity index (χ0n) is 18.0. The lowest BCUT2D eigenvalue weighted by Gasteiger charge is -2.60. The number of carbonyl (C=O) groups is 1. The molecule has 2 aliphatic rings. The number of hydrogen-bond donors (Lipinski definition) is 4. The molecule has 0 saturated carbocycles. The first-order chi connectivity index (χ1) is 15.0. The van der Waals surface area contributed by atoms with Gasteiger partial charge in [0.1, 0.15) is 12.2 Å². The number of carbonyl (C=O) groups excluding carboxylic acids is 1. The summed E-state index contributed by atoms with van der Waals surface area (Å²) in [5, 5.41) is 28.0. The topological polar surface area (TPSA) is 81.6 Å². The predicted molar refractivity (Wildman–Crippen MR) is 123 cm³/mol. The van der Waals surface area contributed by atoms with Crippen molar-refractivity contribution in [1.29, 1.82) is 0 Å². The van der Waals surface area contributed by atoms with Gasteiger partial charge in [0.15, 0.2) is 0 Å². The lowest BCUT2D eigenvalue weighted by molar-refractivity contribution is -0.124. The van der Waals surface area contributed by atoms with Gasteiger partial charge in [0.05, 0.1) is 0 Å². The average molecular weight is 443 g/mol. The maximum absolute atomic E-state index is 12.2. The number of aryl methyl sites for hydroxylation is 1. The summed E-state index contributed by atoms with van der Waals surface area (Å²) in [7, 11) is 0. The molecule has 0 aromatic heterocycles. The average Bonchev–Trinajstić information content (AvgIpc) is 2.81. The van der Waals surface area contributed by atoms with E-state index in [1.54, 1.807) is 0 Å². The number of benzene rings is 2. The first-order valence-corrected chi connectivity index (χ1v) is 11.6. The normalized spacial score (nSPS) is 24.5. The van der Waals surface area contributed by atoms with Crippen molar-refractivity contribution >= 4 is 17.5 Å². The van der Waals surface area contributed by atoms with Gasteiger partial charge in [-0.2, -0.15) is 0 Å². The summed E-state index contributed by atoms with van der Waals surface area (Å²) < 4.78 is 0. The van der Waals surface area contributed by atoms with Crippen molar-refractivity contribution in [3.05, 3.63) is 58.1 Å². The number of fused-ring (bicyclic) bond motifs is 2. The second-order valence-electron chi connectivity index (χ2n) is 8.73. The highest BCUT2D eigenvalue weighted by atomic mass is 35.5. The van der Waals surface area contributed by atoms with Crippen LogP contribution in [0.3, 0.4) is 0 Å². The number of amides is 1. The zero-order chi connectivity index (χ0) is 22.1. The second kappa shape index (κ2) is 8.91. The van der Waals surface area contributed by atoms with Crippen LogP contribution in [0.2, 0.25) is 5.02 Å². The number of hydrogen-bond acceptors (Lipinski definition) is 4. The second-order valence-corrected chi connectivity index (χ2v) is 9.14. The summed E-state index contributed by atoms with van der Waals surface area (Å²) in [4.78, 5) is 11.4. The molecule has 6 heteroatoms. The van der Waals surface area contributed by atoms with Crippen molar-refractivity contribution < 1.29 is 15.0 Å². The Kier molecular flexibility index (Phi) is 6.40. The van der Waals surface area contributed by atoms with Crippen molar-refractivity contribution in [2.24, 2.45) is 0 Å². The zero-order valence-corrected chi connectivity index (χ0v) is 18.8. The third-order valence-corrected chi connectivity index (χ3v) is 7.38. The minimum atomic E-state index is -1.03. The molecule has 1 aliphatic heterocycles. The number of halogens is 1. The summed E-state index contributed by atoms with van der Waals surface area (Å²) in [6.07, 6.45) is 4.00. The van der Waals surface area contributed by atoms with E-state index in [1.807, 2.05) is 12.1 Å². The smallest absolute Gasteiger partial charge is 0.245 e. The fourth-order valence-corrected chi connectivity index (χ4v) is 5.78. The SMILES string of the molecule is CCc1cccc(-c2c(Cl)ccc3c2C(O)(CCCNC(=O)CO)C32CCCNC2)c1. The molecule has 1 heterocycles. The molecule has 1 aliphatic carbocycles. The molecule has 2 unspecified atom stereocenters. The van der Waals surface area contributed by atoms with Gasteiger partial charge >= 0.3 is 0 Å². The molecule has 4 rings (SSSR count). The minimum Gasteiger partial charge on any atom is -0.387 e. The Labute approximate surface area is 188 Å². The van der Waals surface area contributed by atoms with Gasteiger partial charge in [-0.1, -0.05) is 48.9 Å². The Morgan fingerprint density at radius 3 is 2.84 bits per heavy atom. The van der Waals surface area contributed by atoms with E-state index < -0.39 is 18.1 Å². The first kappa shape index (κ1) is 22.3. The van der Waals surface area contributed by atoms with Crippen molar-refractivity contribution in [3.8, 4) is 11.1 Å². The van der Waals surface area contributed by atoms with Crippen molar-refractivity contribution in [3.63, 3.8) is 0 Å². The number of aliphatic hydroxyl groups excluding tert-OH is 1. The van der Waals surface area contributed by atoms with E-state index in [1.165, 1.54) is 11.1 Å². The maximum Gasteiger partial charge on any atom is 0.245 e. The van der Waals surface area contributed by atoms with Gasteiger partial charge in [0.25, 0.3) is 0 Å². The highest BCUT2D eigenvalue weighted by molar-refractivity contribution is 6.33. The highest BCUT2D eigenvalue weighted by Gasteiger charge is 2.63. The Morgan fingerprint density at radius 2 is 2.13 bits per heavy atom. The van der Waals surface area contributed by atoms with E-state index in [0.717, 1.165) is 49.0 Å². The van der Waals surface area contributed by atoms with Gasteiger partial charge in [0, 0.05) is 29.1 Å². The van der Waals surface area contributed by atoms with Crippen molar-refractivity contribution in [2.45, 2.75) is 50.0 Å². The molecule has 2 aromatic rings. The maximum atomic E-state index is 12.2. The van der Waals surface area contributed by atoms with Crippen LogP contribution >= 0.6 is 11.6 Å². The van der Waals surface area contributed by atoms with Crippen LogP contribution in [0.25, 0.3) is 11.1 Å². The van der Waals surface area contributed by atoms with Crippen LogP contribution in [0.15, 0.2) is 36.4 Å². The first-order valence-electron chi connectivity index (χ1n) is 11.2. The summed E-state index contributed by atoms with van der Waals surface area (Å²) in [5.41, 5.74) is 3.94. The van der Waals surface area contributed by atoms with Gasteiger partial charge < -0.3 is 20.8 Å². The number of aliphatic hydroxyl groups is 2. The van der Waals surface area contributed by atoms with E-state index in [9.17, 15) is 9.90 Å². The molecule has 2 aromatic carbocycles. The molecular weight excluding hydrogens is 412 g/mol. The van der Waals surface area contributed by atoms with Crippen LogP contribution in [0.4, 0.5) is 0 Å². The fourth-order valence-electron chi connectivity index (χ4n) is 5.51. The van der Waals surface area contributed by atoms with Crippen LogP contribution in [0, 0.1) is 0 Å². The van der Waals surface area contributed by atoms with Crippen molar-refractivity contribution in [2.75, 3.05) is 26.2 Å². The van der Waals surface area contributed by atoms with E-state index >= 15 is 0 Å². The van der Waals surface area contributed by atoms with Gasteiger partial charge in [-0.3, -0.25) is 4.79 Å². The molecule has 1 amide bonds. The highest BCUT2D eigenvalue weighted by Crippen LogP contribution is 2.63. The number of rotatable bonds is 7. The molecule has 5 nitrogen and oxygen atoms in total. The Bertz CT molecular complexity index is 971. The van der Waals surface area contributed by atoms with E-state index in [0.29, 0.717) is 24.4 Å². The van der Waals surface area contributed by atoms with E-state index in [-0.39, 0.29) is 5.41 Å². The largest absolute Gasteiger partial charge is 0.387 e. The summed E-state index contributed by atoms with van der Waals surface area (Å²) in [5.74, 6) is -0.393. The van der Waals surface area contributed by atoms with Crippen LogP contribution in [-0.4, -0.2) is 42.4 Å². The Morgan fingerprint density at radius 1 is 1.29 bits per heavy atom. The third kappa shape index (κ3) is 3.68. The van der Waals surface area contributed by atoms with Crippen LogP contribution in [-0.2, 0) is 22.2 Å². The molecule has 1 saturated heterocycles. The number of piperidine rings is 1. The van der Waals surface area contributed by atoms with Gasteiger partial charge in [0.2, 0.25) is 5.91 Å². The minimum absolute atomic E-state index is 0.344. The molecule has 31 heavy (non-hydrogen) atoms. The standard InChI is InChI=1S/C25H31ClN2O3/c1-2-17-6-3-7-18(14-17)22-20(26)9-8-19-23(22)25(31,11-5-13-28-21(30)15-29)24(19)10-4-12-27-16-24/h3,6-9,14,27,29,31H,2,4-5,10-13,15-16H2,1H3,(H,28,30). The van der Waals surface area contributed by atoms with Crippen LogP contribution in [0.1, 0.15) is 49.3 Å². The molecule has 2 atom stereocenters. The molecule has 0 bridgehead atoms. The van der Waals surface area contributed by atoms with Gasteiger partial charge in [-0.15, -0.1) is 0 Å². The van der Waals surface area contributed by atoms with Crippen LogP contribution < -0.4 is 10.6 Å². The molecule has 0 radical (unpaired) electrons. The Balaban J connectivity index is 1.76. The predicted octanol–water partition coefficient (Wildman–Crippen LogP) is 3.28. The van der Waals surface area contributed by atoms with Crippen LogP contribution in [0.5, 0.6) is 0 Å².